The first-order chi connectivity index (χ1) is 12.1. The summed E-state index contributed by atoms with van der Waals surface area (Å²) in [5.74, 6) is 0.237. The van der Waals surface area contributed by atoms with Crippen molar-refractivity contribution in [2.24, 2.45) is 0 Å². The van der Waals surface area contributed by atoms with E-state index in [2.05, 4.69) is 15.0 Å². The number of benzene rings is 1. The predicted molar refractivity (Wildman–Crippen MR) is 94.2 cm³/mol. The van der Waals surface area contributed by atoms with Gasteiger partial charge < -0.3 is 14.7 Å². The third-order valence-electron chi connectivity index (χ3n) is 4.80. The van der Waals surface area contributed by atoms with Crippen LogP contribution in [0.3, 0.4) is 0 Å². The predicted octanol–water partition coefficient (Wildman–Crippen LogP) is 2.83. The van der Waals surface area contributed by atoms with Crippen molar-refractivity contribution in [1.82, 2.24) is 19.5 Å². The fourth-order valence-corrected chi connectivity index (χ4v) is 3.47. The van der Waals surface area contributed by atoms with E-state index in [0.29, 0.717) is 11.1 Å². The number of aromatic nitrogens is 4. The lowest BCUT2D eigenvalue weighted by atomic mass is 9.99. The molecule has 1 aromatic carbocycles. The average Bonchev–Trinajstić information content (AvgIpc) is 3.32. The Morgan fingerprint density at radius 3 is 2.68 bits per heavy atom. The van der Waals surface area contributed by atoms with Gasteiger partial charge in [0.2, 0.25) is 5.95 Å². The fraction of sp³-hybridized carbons (Fsp3) is 0.222. The van der Waals surface area contributed by atoms with E-state index < -0.39 is 0 Å². The number of oxazole rings is 1. The second kappa shape index (κ2) is 4.89. The molecule has 0 spiro atoms. The van der Waals surface area contributed by atoms with E-state index in [0.717, 1.165) is 40.4 Å². The zero-order chi connectivity index (χ0) is 17.1. The Kier molecular flexibility index (Phi) is 2.77. The number of hydrogen-bond acceptors (Lipinski definition) is 6. The van der Waals surface area contributed by atoms with Gasteiger partial charge in [-0.05, 0) is 37.0 Å². The van der Waals surface area contributed by atoms with Crippen LogP contribution >= 0.6 is 0 Å². The van der Waals surface area contributed by atoms with E-state index in [4.69, 9.17) is 10.2 Å². The fourth-order valence-electron chi connectivity index (χ4n) is 3.47. The Hall–Kier alpha value is -3.22. The summed E-state index contributed by atoms with van der Waals surface area (Å²) in [5, 5.41) is 0.900. The van der Waals surface area contributed by atoms with Gasteiger partial charge in [-0.1, -0.05) is 6.07 Å². The molecule has 0 bridgehead atoms. The summed E-state index contributed by atoms with van der Waals surface area (Å²) in [4.78, 5) is 25.2. The van der Waals surface area contributed by atoms with Crippen molar-refractivity contribution >= 4 is 28.0 Å². The molecule has 0 aliphatic heterocycles. The number of pyridine rings is 1. The van der Waals surface area contributed by atoms with E-state index >= 15 is 0 Å². The topological polar surface area (TPSA) is 99.8 Å². The van der Waals surface area contributed by atoms with Gasteiger partial charge in [-0.3, -0.25) is 4.79 Å². The summed E-state index contributed by atoms with van der Waals surface area (Å²) >= 11 is 0. The Morgan fingerprint density at radius 1 is 1.20 bits per heavy atom. The molecule has 7 nitrogen and oxygen atoms in total. The lowest BCUT2D eigenvalue weighted by molar-refractivity contribution is 0.604. The van der Waals surface area contributed by atoms with Crippen LogP contribution in [0.1, 0.15) is 24.4 Å². The SMILES string of the molecule is Cc1c(-c2cnc(N)nc2)ccc2c3ocnc3c(=O)n(C3CC3)c12. The lowest BCUT2D eigenvalue weighted by Crippen LogP contribution is -2.20. The molecule has 7 heteroatoms. The standard InChI is InChI=1S/C18H15N5O2/c1-9-12(10-6-20-18(19)21-7-10)4-5-13-15(9)23(11-2-3-11)17(24)14-16(13)25-8-22-14/h4-8,11H,2-3H2,1H3,(H2,19,20,21). The minimum atomic E-state index is -0.0902. The second-order valence-corrected chi connectivity index (χ2v) is 6.40. The largest absolute Gasteiger partial charge is 0.443 e. The highest BCUT2D eigenvalue weighted by molar-refractivity contribution is 6.03. The van der Waals surface area contributed by atoms with Gasteiger partial charge in [0.1, 0.15) is 0 Å². The van der Waals surface area contributed by atoms with Crippen molar-refractivity contribution < 1.29 is 4.42 Å². The van der Waals surface area contributed by atoms with Gasteiger partial charge in [0.05, 0.1) is 5.52 Å². The van der Waals surface area contributed by atoms with Gasteiger partial charge in [0.15, 0.2) is 17.5 Å². The Labute approximate surface area is 142 Å². The summed E-state index contributed by atoms with van der Waals surface area (Å²) in [6.45, 7) is 2.01. The molecule has 1 aliphatic rings. The third-order valence-corrected chi connectivity index (χ3v) is 4.80. The number of nitrogen functional groups attached to an aromatic ring is 1. The van der Waals surface area contributed by atoms with Crippen molar-refractivity contribution in [2.45, 2.75) is 25.8 Å². The molecular weight excluding hydrogens is 318 g/mol. The highest BCUT2D eigenvalue weighted by atomic mass is 16.3. The molecule has 1 saturated carbocycles. The number of nitrogens with two attached hydrogens (primary N) is 1. The first kappa shape index (κ1) is 14.2. The van der Waals surface area contributed by atoms with Crippen molar-refractivity contribution in [3.63, 3.8) is 0 Å². The van der Waals surface area contributed by atoms with Gasteiger partial charge in [0, 0.05) is 29.4 Å². The first-order valence-electron chi connectivity index (χ1n) is 8.14. The zero-order valence-corrected chi connectivity index (χ0v) is 13.6. The summed E-state index contributed by atoms with van der Waals surface area (Å²) in [5.41, 5.74) is 10.2. The van der Waals surface area contributed by atoms with Crippen LogP contribution in [0.15, 0.2) is 40.1 Å². The number of hydrogen-bond donors (Lipinski definition) is 1. The molecule has 0 radical (unpaired) electrons. The number of nitrogens with zero attached hydrogens (tertiary/aromatic N) is 4. The molecule has 0 amide bonds. The maximum Gasteiger partial charge on any atom is 0.281 e. The number of anilines is 1. The maximum atomic E-state index is 12.9. The summed E-state index contributed by atoms with van der Waals surface area (Å²) < 4.78 is 7.39. The minimum Gasteiger partial charge on any atom is -0.443 e. The van der Waals surface area contributed by atoms with Crippen LogP contribution in [0, 0.1) is 6.92 Å². The number of fused-ring (bicyclic) bond motifs is 3. The molecule has 1 fully saturated rings. The molecule has 3 heterocycles. The molecule has 0 saturated heterocycles. The van der Waals surface area contributed by atoms with Crippen molar-refractivity contribution in [1.29, 1.82) is 0 Å². The summed E-state index contributed by atoms with van der Waals surface area (Å²) in [6, 6.07) is 4.20. The monoisotopic (exact) mass is 333 g/mol. The highest BCUT2D eigenvalue weighted by Crippen LogP contribution is 2.39. The summed E-state index contributed by atoms with van der Waals surface area (Å²) in [7, 11) is 0. The normalized spacial score (nSPS) is 14.4. The molecule has 1 aliphatic carbocycles. The first-order valence-corrected chi connectivity index (χ1v) is 8.14. The molecule has 2 N–H and O–H groups in total. The van der Waals surface area contributed by atoms with Gasteiger partial charge in [-0.15, -0.1) is 0 Å². The minimum absolute atomic E-state index is 0.0902. The van der Waals surface area contributed by atoms with E-state index in [-0.39, 0.29) is 17.5 Å². The highest BCUT2D eigenvalue weighted by Gasteiger charge is 2.29. The number of rotatable bonds is 2. The Balaban J connectivity index is 1.91. The molecule has 0 unspecified atom stereocenters. The third kappa shape index (κ3) is 1.98. The van der Waals surface area contributed by atoms with Crippen LogP contribution in [0.5, 0.6) is 0 Å². The number of aryl methyl sites for hydroxylation is 1. The van der Waals surface area contributed by atoms with Crippen LogP contribution in [0.4, 0.5) is 5.95 Å². The lowest BCUT2D eigenvalue weighted by Gasteiger charge is -2.15. The van der Waals surface area contributed by atoms with E-state index in [9.17, 15) is 4.79 Å². The van der Waals surface area contributed by atoms with E-state index in [1.807, 2.05) is 23.6 Å². The van der Waals surface area contributed by atoms with Crippen LogP contribution < -0.4 is 11.3 Å². The molecule has 3 aromatic heterocycles. The van der Waals surface area contributed by atoms with Crippen LogP contribution in [0.25, 0.3) is 33.1 Å². The van der Waals surface area contributed by atoms with E-state index in [1.165, 1.54) is 6.39 Å². The zero-order valence-electron chi connectivity index (χ0n) is 13.6. The van der Waals surface area contributed by atoms with Gasteiger partial charge in [-0.25, -0.2) is 15.0 Å². The summed E-state index contributed by atoms with van der Waals surface area (Å²) in [6.07, 6.45) is 6.74. The Bertz CT molecular complexity index is 1190. The van der Waals surface area contributed by atoms with Crippen molar-refractivity contribution in [3.05, 3.63) is 46.8 Å². The average molecular weight is 333 g/mol. The molecule has 5 rings (SSSR count). The maximum absolute atomic E-state index is 12.9. The van der Waals surface area contributed by atoms with Crippen LogP contribution in [0.2, 0.25) is 0 Å². The van der Waals surface area contributed by atoms with Crippen molar-refractivity contribution in [3.8, 4) is 11.1 Å². The molecule has 25 heavy (non-hydrogen) atoms. The van der Waals surface area contributed by atoms with Gasteiger partial charge >= 0.3 is 0 Å². The quantitative estimate of drug-likeness (QED) is 0.605. The van der Waals surface area contributed by atoms with Crippen molar-refractivity contribution in [2.75, 3.05) is 5.73 Å². The smallest absolute Gasteiger partial charge is 0.281 e. The van der Waals surface area contributed by atoms with Crippen LogP contribution in [-0.2, 0) is 0 Å². The van der Waals surface area contributed by atoms with Crippen LogP contribution in [-0.4, -0.2) is 19.5 Å². The Morgan fingerprint density at radius 2 is 1.96 bits per heavy atom. The molecule has 4 aromatic rings. The molecule has 124 valence electrons. The van der Waals surface area contributed by atoms with Gasteiger partial charge in [-0.2, -0.15) is 0 Å². The molecule has 0 atom stereocenters. The molecular formula is C18H15N5O2. The van der Waals surface area contributed by atoms with Gasteiger partial charge in [0.25, 0.3) is 5.56 Å². The second-order valence-electron chi connectivity index (χ2n) is 6.40. The van der Waals surface area contributed by atoms with E-state index in [1.54, 1.807) is 12.4 Å².